The standard InChI is InChI=1S/C16H31N3/c1-15(7-8-15)16(2,12-17)19-10-6-14-13(11-19)5-4-9-18(14)3/h13-14H,4-12,17H2,1-3H3. The van der Waals surface area contributed by atoms with Crippen molar-refractivity contribution in [1.82, 2.24) is 9.80 Å². The number of nitrogens with zero attached hydrogens (tertiary/aromatic N) is 2. The molecule has 2 heterocycles. The first-order valence-electron chi connectivity index (χ1n) is 8.15. The zero-order valence-electron chi connectivity index (χ0n) is 13.0. The largest absolute Gasteiger partial charge is 0.329 e. The molecule has 2 aliphatic heterocycles. The minimum Gasteiger partial charge on any atom is -0.329 e. The molecule has 19 heavy (non-hydrogen) atoms. The van der Waals surface area contributed by atoms with Gasteiger partial charge in [-0.2, -0.15) is 0 Å². The summed E-state index contributed by atoms with van der Waals surface area (Å²) in [7, 11) is 2.32. The van der Waals surface area contributed by atoms with Gasteiger partial charge in [0.1, 0.15) is 0 Å². The molecule has 3 heteroatoms. The molecule has 1 aliphatic carbocycles. The molecular formula is C16H31N3. The van der Waals surface area contributed by atoms with Crippen LogP contribution >= 0.6 is 0 Å². The quantitative estimate of drug-likeness (QED) is 0.846. The lowest BCUT2D eigenvalue weighted by atomic mass is 9.77. The molecule has 0 aromatic carbocycles. The molecule has 0 bridgehead atoms. The molecule has 3 aliphatic rings. The molecule has 0 amide bonds. The van der Waals surface area contributed by atoms with Gasteiger partial charge in [0, 0.05) is 31.2 Å². The lowest BCUT2D eigenvalue weighted by Crippen LogP contribution is -2.63. The van der Waals surface area contributed by atoms with Crippen molar-refractivity contribution >= 4 is 0 Å². The van der Waals surface area contributed by atoms with E-state index in [9.17, 15) is 0 Å². The van der Waals surface area contributed by atoms with Gasteiger partial charge in [-0.3, -0.25) is 4.90 Å². The first-order chi connectivity index (χ1) is 9.00. The van der Waals surface area contributed by atoms with E-state index in [0.29, 0.717) is 5.41 Å². The lowest BCUT2D eigenvalue weighted by molar-refractivity contribution is -0.0334. The summed E-state index contributed by atoms with van der Waals surface area (Å²) in [6, 6.07) is 0.832. The van der Waals surface area contributed by atoms with Crippen LogP contribution in [-0.2, 0) is 0 Å². The first-order valence-corrected chi connectivity index (χ1v) is 8.15. The van der Waals surface area contributed by atoms with Crippen LogP contribution in [0.1, 0.15) is 46.0 Å². The SMILES string of the molecule is CN1CCCC2CN(C(C)(CN)C3(C)CC3)CCC21. The third kappa shape index (κ3) is 2.14. The summed E-state index contributed by atoms with van der Waals surface area (Å²) in [5.74, 6) is 0.876. The highest BCUT2D eigenvalue weighted by Gasteiger charge is 2.56. The van der Waals surface area contributed by atoms with Crippen molar-refractivity contribution in [1.29, 1.82) is 0 Å². The Labute approximate surface area is 118 Å². The third-order valence-electron chi connectivity index (χ3n) is 6.74. The number of rotatable bonds is 3. The van der Waals surface area contributed by atoms with Crippen molar-refractivity contribution < 1.29 is 0 Å². The minimum absolute atomic E-state index is 0.230. The number of hydrogen-bond donors (Lipinski definition) is 1. The second-order valence-corrected chi connectivity index (χ2v) is 7.72. The van der Waals surface area contributed by atoms with Gasteiger partial charge in [-0.1, -0.05) is 6.92 Å². The van der Waals surface area contributed by atoms with Crippen LogP contribution < -0.4 is 5.73 Å². The van der Waals surface area contributed by atoms with Crippen LogP contribution in [0.5, 0.6) is 0 Å². The predicted molar refractivity (Wildman–Crippen MR) is 80.1 cm³/mol. The summed E-state index contributed by atoms with van der Waals surface area (Å²) in [6.45, 7) is 9.50. The van der Waals surface area contributed by atoms with E-state index in [1.54, 1.807) is 0 Å². The molecule has 3 fully saturated rings. The number of hydrogen-bond acceptors (Lipinski definition) is 3. The highest BCUT2D eigenvalue weighted by Crippen LogP contribution is 2.56. The molecule has 110 valence electrons. The van der Waals surface area contributed by atoms with Gasteiger partial charge in [0.15, 0.2) is 0 Å². The minimum atomic E-state index is 0.230. The normalized spacial score (nSPS) is 38.5. The molecule has 0 aromatic heterocycles. The second-order valence-electron chi connectivity index (χ2n) is 7.72. The Bertz CT molecular complexity index is 339. The number of fused-ring (bicyclic) bond motifs is 1. The summed E-state index contributed by atoms with van der Waals surface area (Å²) >= 11 is 0. The summed E-state index contributed by atoms with van der Waals surface area (Å²) in [4.78, 5) is 5.35. The molecule has 3 unspecified atom stereocenters. The Balaban J connectivity index is 1.73. The van der Waals surface area contributed by atoms with Crippen LogP contribution in [0, 0.1) is 11.3 Å². The van der Waals surface area contributed by atoms with Crippen LogP contribution in [0.3, 0.4) is 0 Å². The van der Waals surface area contributed by atoms with Crippen molar-refractivity contribution in [3.8, 4) is 0 Å². The highest BCUT2D eigenvalue weighted by atomic mass is 15.3. The first kappa shape index (κ1) is 13.8. The fraction of sp³-hybridized carbons (Fsp3) is 1.00. The monoisotopic (exact) mass is 265 g/mol. The van der Waals surface area contributed by atoms with Gasteiger partial charge in [0.05, 0.1) is 0 Å². The summed E-state index contributed by atoms with van der Waals surface area (Å²) < 4.78 is 0. The predicted octanol–water partition coefficient (Wildman–Crippen LogP) is 1.92. The maximum atomic E-state index is 6.21. The molecule has 3 atom stereocenters. The van der Waals surface area contributed by atoms with Gasteiger partial charge in [-0.15, -0.1) is 0 Å². The van der Waals surface area contributed by atoms with E-state index >= 15 is 0 Å². The van der Waals surface area contributed by atoms with E-state index in [-0.39, 0.29) is 5.54 Å². The molecule has 0 aromatic rings. The average molecular weight is 265 g/mol. The van der Waals surface area contributed by atoms with Crippen LogP contribution in [0.4, 0.5) is 0 Å². The lowest BCUT2D eigenvalue weighted by Gasteiger charge is -2.53. The third-order valence-corrected chi connectivity index (χ3v) is 6.74. The summed E-state index contributed by atoms with van der Waals surface area (Å²) in [6.07, 6.45) is 6.87. The fourth-order valence-electron chi connectivity index (χ4n) is 4.58. The van der Waals surface area contributed by atoms with E-state index < -0.39 is 0 Å². The van der Waals surface area contributed by atoms with Gasteiger partial charge >= 0.3 is 0 Å². The molecule has 0 spiro atoms. The van der Waals surface area contributed by atoms with Crippen LogP contribution in [0.25, 0.3) is 0 Å². The van der Waals surface area contributed by atoms with E-state index in [4.69, 9.17) is 5.73 Å². The van der Waals surface area contributed by atoms with Crippen LogP contribution in [0.2, 0.25) is 0 Å². The van der Waals surface area contributed by atoms with Crippen molar-refractivity contribution in [2.45, 2.75) is 57.5 Å². The van der Waals surface area contributed by atoms with E-state index in [1.165, 1.54) is 51.7 Å². The van der Waals surface area contributed by atoms with Gasteiger partial charge < -0.3 is 10.6 Å². The van der Waals surface area contributed by atoms with E-state index in [0.717, 1.165) is 18.5 Å². The molecule has 3 nitrogen and oxygen atoms in total. The molecule has 0 radical (unpaired) electrons. The Morgan fingerprint density at radius 3 is 2.63 bits per heavy atom. The van der Waals surface area contributed by atoms with Crippen molar-refractivity contribution in [3.63, 3.8) is 0 Å². The van der Waals surface area contributed by atoms with Gasteiger partial charge in [0.25, 0.3) is 0 Å². The summed E-state index contributed by atoms with van der Waals surface area (Å²) in [5.41, 5.74) is 6.92. The van der Waals surface area contributed by atoms with Crippen molar-refractivity contribution in [2.75, 3.05) is 33.2 Å². The van der Waals surface area contributed by atoms with E-state index in [1.807, 2.05) is 0 Å². The molecule has 2 N–H and O–H groups in total. The smallest absolute Gasteiger partial charge is 0.0357 e. The fourth-order valence-corrected chi connectivity index (χ4v) is 4.58. The number of piperidine rings is 2. The maximum absolute atomic E-state index is 6.21. The Morgan fingerprint density at radius 2 is 2.00 bits per heavy atom. The highest BCUT2D eigenvalue weighted by molar-refractivity contribution is 5.11. The summed E-state index contributed by atoms with van der Waals surface area (Å²) in [5, 5.41) is 0. The van der Waals surface area contributed by atoms with Crippen LogP contribution in [0.15, 0.2) is 0 Å². The van der Waals surface area contributed by atoms with Gasteiger partial charge in [-0.05, 0) is 64.0 Å². The topological polar surface area (TPSA) is 32.5 Å². The number of nitrogens with two attached hydrogens (primary N) is 1. The van der Waals surface area contributed by atoms with Gasteiger partial charge in [0.2, 0.25) is 0 Å². The maximum Gasteiger partial charge on any atom is 0.0357 e. The van der Waals surface area contributed by atoms with Crippen molar-refractivity contribution in [3.05, 3.63) is 0 Å². The van der Waals surface area contributed by atoms with Crippen molar-refractivity contribution in [2.24, 2.45) is 17.1 Å². The zero-order chi connectivity index (χ0) is 13.7. The van der Waals surface area contributed by atoms with Crippen LogP contribution in [-0.4, -0.2) is 54.6 Å². The Morgan fingerprint density at radius 1 is 1.26 bits per heavy atom. The molecular weight excluding hydrogens is 234 g/mol. The molecule has 1 saturated carbocycles. The average Bonchev–Trinajstić information content (AvgIpc) is 3.17. The second kappa shape index (κ2) is 4.71. The molecule has 3 rings (SSSR count). The van der Waals surface area contributed by atoms with E-state index in [2.05, 4.69) is 30.7 Å². The number of likely N-dealkylation sites (tertiary alicyclic amines) is 2. The molecule has 2 saturated heterocycles. The van der Waals surface area contributed by atoms with Gasteiger partial charge in [-0.25, -0.2) is 0 Å². The Hall–Kier alpha value is -0.120. The Kier molecular flexibility index (Phi) is 3.43. The zero-order valence-corrected chi connectivity index (χ0v) is 13.0.